The van der Waals surface area contributed by atoms with E-state index in [1.807, 2.05) is 30.3 Å². The van der Waals surface area contributed by atoms with Gasteiger partial charge >= 0.3 is 0 Å². The molecule has 172 valence electrons. The summed E-state index contributed by atoms with van der Waals surface area (Å²) in [6.07, 6.45) is 4.10. The average molecular weight is 542 g/mol. The standard InChI is InChI=1S/C23H34N4O3.HI/c1-6-24-23(25-14-8-9-17(2)3)27-16-18-12-13-21(26-15-18)30-22-19(28-4)10-7-11-20(22)29-5;/h7,10-13,15,17H,6,8-9,14,16H2,1-5H3,(H2,24,25,27);1H. The topological polar surface area (TPSA) is 77.0 Å². The molecule has 0 saturated heterocycles. The molecule has 0 spiro atoms. The van der Waals surface area contributed by atoms with Gasteiger partial charge in [0.15, 0.2) is 17.5 Å². The number of methoxy groups -OCH3 is 2. The summed E-state index contributed by atoms with van der Waals surface area (Å²) in [5.41, 5.74) is 0.994. The van der Waals surface area contributed by atoms with Crippen molar-refractivity contribution in [2.24, 2.45) is 10.9 Å². The van der Waals surface area contributed by atoms with Gasteiger partial charge in [0.05, 0.1) is 20.8 Å². The van der Waals surface area contributed by atoms with E-state index >= 15 is 0 Å². The van der Waals surface area contributed by atoms with E-state index in [0.717, 1.165) is 31.0 Å². The number of guanidine groups is 1. The molecule has 0 aliphatic rings. The van der Waals surface area contributed by atoms with Crippen LogP contribution in [0.4, 0.5) is 0 Å². The predicted molar refractivity (Wildman–Crippen MR) is 136 cm³/mol. The van der Waals surface area contributed by atoms with E-state index in [1.54, 1.807) is 20.4 Å². The summed E-state index contributed by atoms with van der Waals surface area (Å²) < 4.78 is 16.6. The summed E-state index contributed by atoms with van der Waals surface area (Å²) in [6.45, 7) is 8.81. The molecule has 0 aliphatic carbocycles. The number of aliphatic imine (C=N–C) groups is 1. The number of pyridine rings is 1. The number of hydrogen-bond acceptors (Lipinski definition) is 5. The fourth-order valence-corrected chi connectivity index (χ4v) is 2.82. The summed E-state index contributed by atoms with van der Waals surface area (Å²) >= 11 is 0. The second kappa shape index (κ2) is 14.7. The lowest BCUT2D eigenvalue weighted by Gasteiger charge is -2.13. The fraction of sp³-hybridized carbons (Fsp3) is 0.478. The van der Waals surface area contributed by atoms with Gasteiger partial charge < -0.3 is 24.8 Å². The number of benzene rings is 1. The maximum Gasteiger partial charge on any atom is 0.219 e. The summed E-state index contributed by atoms with van der Waals surface area (Å²) in [7, 11) is 3.18. The molecular formula is C23H35IN4O3. The number of nitrogens with one attached hydrogen (secondary N) is 2. The molecule has 7 nitrogen and oxygen atoms in total. The zero-order valence-corrected chi connectivity index (χ0v) is 21.4. The number of nitrogens with zero attached hydrogens (tertiary/aromatic N) is 2. The van der Waals surface area contributed by atoms with Gasteiger partial charge in [0.1, 0.15) is 0 Å². The Kier molecular flexibility index (Phi) is 12.7. The first-order chi connectivity index (χ1) is 14.6. The van der Waals surface area contributed by atoms with Gasteiger partial charge in [-0.25, -0.2) is 9.98 Å². The Morgan fingerprint density at radius 2 is 1.77 bits per heavy atom. The van der Waals surface area contributed by atoms with Gasteiger partial charge in [0.2, 0.25) is 11.6 Å². The monoisotopic (exact) mass is 542 g/mol. The summed E-state index contributed by atoms with van der Waals surface area (Å²) in [6, 6.07) is 9.25. The molecule has 0 aliphatic heterocycles. The van der Waals surface area contributed by atoms with Crippen molar-refractivity contribution in [1.82, 2.24) is 15.6 Å². The number of para-hydroxylation sites is 1. The number of ether oxygens (including phenoxy) is 3. The maximum absolute atomic E-state index is 5.90. The van der Waals surface area contributed by atoms with Crippen LogP contribution in [0.25, 0.3) is 0 Å². The van der Waals surface area contributed by atoms with Crippen LogP contribution in [0, 0.1) is 5.92 Å². The van der Waals surface area contributed by atoms with Crippen LogP contribution in [-0.4, -0.2) is 38.3 Å². The highest BCUT2D eigenvalue weighted by molar-refractivity contribution is 14.0. The second-order valence-electron chi connectivity index (χ2n) is 7.26. The van der Waals surface area contributed by atoms with Gasteiger partial charge in [-0.15, -0.1) is 24.0 Å². The molecular weight excluding hydrogens is 507 g/mol. The van der Waals surface area contributed by atoms with Crippen LogP contribution >= 0.6 is 24.0 Å². The molecule has 0 fully saturated rings. The van der Waals surface area contributed by atoms with Crippen LogP contribution in [0.3, 0.4) is 0 Å². The van der Waals surface area contributed by atoms with Crippen molar-refractivity contribution in [3.05, 3.63) is 42.1 Å². The zero-order chi connectivity index (χ0) is 21.8. The normalized spacial score (nSPS) is 11.0. The predicted octanol–water partition coefficient (Wildman–Crippen LogP) is 5.00. The van der Waals surface area contributed by atoms with E-state index in [2.05, 4.69) is 41.4 Å². The molecule has 0 bridgehead atoms. The molecule has 31 heavy (non-hydrogen) atoms. The van der Waals surface area contributed by atoms with Crippen LogP contribution in [0.2, 0.25) is 0 Å². The Bertz CT molecular complexity index is 776. The number of halogens is 1. The zero-order valence-electron chi connectivity index (χ0n) is 19.1. The van der Waals surface area contributed by atoms with Crippen LogP contribution in [-0.2, 0) is 6.54 Å². The van der Waals surface area contributed by atoms with Gasteiger partial charge in [0, 0.05) is 25.4 Å². The van der Waals surface area contributed by atoms with E-state index in [-0.39, 0.29) is 24.0 Å². The van der Waals surface area contributed by atoms with Gasteiger partial charge in [-0.3, -0.25) is 0 Å². The molecule has 2 N–H and O–H groups in total. The number of hydrogen-bond donors (Lipinski definition) is 2. The maximum atomic E-state index is 5.90. The van der Waals surface area contributed by atoms with Crippen molar-refractivity contribution >= 4 is 29.9 Å². The van der Waals surface area contributed by atoms with Gasteiger partial charge in [-0.1, -0.05) is 26.0 Å². The minimum absolute atomic E-state index is 0. The lowest BCUT2D eigenvalue weighted by atomic mass is 10.1. The molecule has 0 unspecified atom stereocenters. The SMILES string of the molecule is CCNC(=NCc1ccc(Oc2c(OC)cccc2OC)nc1)NCCCC(C)C.I. The molecule has 0 amide bonds. The van der Waals surface area contributed by atoms with Crippen LogP contribution < -0.4 is 24.8 Å². The first-order valence-corrected chi connectivity index (χ1v) is 10.4. The average Bonchev–Trinajstić information content (AvgIpc) is 2.75. The van der Waals surface area contributed by atoms with E-state index in [4.69, 9.17) is 14.2 Å². The minimum atomic E-state index is 0. The number of aromatic nitrogens is 1. The van der Waals surface area contributed by atoms with Crippen molar-refractivity contribution in [1.29, 1.82) is 0 Å². The first-order valence-electron chi connectivity index (χ1n) is 10.4. The summed E-state index contributed by atoms with van der Waals surface area (Å²) in [5.74, 6) is 3.67. The van der Waals surface area contributed by atoms with E-state index in [1.165, 1.54) is 6.42 Å². The van der Waals surface area contributed by atoms with Gasteiger partial charge in [-0.05, 0) is 43.4 Å². The quantitative estimate of drug-likeness (QED) is 0.180. The third kappa shape index (κ3) is 9.20. The molecule has 2 aromatic rings. The van der Waals surface area contributed by atoms with Gasteiger partial charge in [-0.2, -0.15) is 0 Å². The molecule has 8 heteroatoms. The highest BCUT2D eigenvalue weighted by Gasteiger charge is 2.13. The Hall–Kier alpha value is -2.23. The first kappa shape index (κ1) is 26.8. The Morgan fingerprint density at radius 1 is 1.06 bits per heavy atom. The van der Waals surface area contributed by atoms with Crippen molar-refractivity contribution in [3.8, 4) is 23.1 Å². The highest BCUT2D eigenvalue weighted by atomic mass is 127. The Morgan fingerprint density at radius 3 is 2.32 bits per heavy atom. The molecule has 2 rings (SSSR count). The van der Waals surface area contributed by atoms with E-state index < -0.39 is 0 Å². The third-order valence-electron chi connectivity index (χ3n) is 4.40. The number of rotatable bonds is 11. The smallest absolute Gasteiger partial charge is 0.219 e. The molecule has 0 atom stereocenters. The van der Waals surface area contributed by atoms with Crippen LogP contribution in [0.1, 0.15) is 39.2 Å². The lowest BCUT2D eigenvalue weighted by Crippen LogP contribution is -2.37. The van der Waals surface area contributed by atoms with E-state index in [0.29, 0.717) is 35.6 Å². The van der Waals surface area contributed by atoms with Crippen LogP contribution in [0.5, 0.6) is 23.1 Å². The molecule has 1 aromatic carbocycles. The van der Waals surface area contributed by atoms with Crippen molar-refractivity contribution in [2.75, 3.05) is 27.3 Å². The van der Waals surface area contributed by atoms with Crippen molar-refractivity contribution < 1.29 is 14.2 Å². The second-order valence-corrected chi connectivity index (χ2v) is 7.26. The molecule has 0 saturated carbocycles. The summed E-state index contributed by atoms with van der Waals surface area (Å²) in [4.78, 5) is 9.04. The summed E-state index contributed by atoms with van der Waals surface area (Å²) in [5, 5.41) is 6.66. The van der Waals surface area contributed by atoms with E-state index in [9.17, 15) is 0 Å². The third-order valence-corrected chi connectivity index (χ3v) is 4.40. The Balaban J connectivity index is 0.00000480. The lowest BCUT2D eigenvalue weighted by molar-refractivity contribution is 0.342. The van der Waals surface area contributed by atoms with Crippen molar-refractivity contribution in [2.45, 2.75) is 40.2 Å². The molecule has 0 radical (unpaired) electrons. The van der Waals surface area contributed by atoms with Crippen molar-refractivity contribution in [3.63, 3.8) is 0 Å². The largest absolute Gasteiger partial charge is 0.493 e. The highest BCUT2D eigenvalue weighted by Crippen LogP contribution is 2.39. The molecule has 1 aromatic heterocycles. The van der Waals surface area contributed by atoms with Gasteiger partial charge in [0.25, 0.3) is 0 Å². The minimum Gasteiger partial charge on any atom is -0.493 e. The fourth-order valence-electron chi connectivity index (χ4n) is 2.82. The van der Waals surface area contributed by atoms with Crippen LogP contribution in [0.15, 0.2) is 41.5 Å². The molecule has 1 heterocycles. The Labute approximate surface area is 203 Å².